The van der Waals surface area contributed by atoms with Crippen LogP contribution >= 0.6 is 0 Å². The molecule has 0 radical (unpaired) electrons. The molecule has 2 amide bonds. The molecular formula is C31H30N4O5. The van der Waals surface area contributed by atoms with Gasteiger partial charge in [0.2, 0.25) is 5.78 Å². The van der Waals surface area contributed by atoms with Crippen LogP contribution in [-0.4, -0.2) is 36.4 Å². The van der Waals surface area contributed by atoms with Gasteiger partial charge in [0.1, 0.15) is 0 Å². The molecule has 204 valence electrons. The van der Waals surface area contributed by atoms with Crippen molar-refractivity contribution in [3.05, 3.63) is 87.8 Å². The number of allylic oxidation sites excluding steroid dienone is 2. The van der Waals surface area contributed by atoms with Gasteiger partial charge in [-0.2, -0.15) is 5.10 Å². The molecule has 2 heterocycles. The van der Waals surface area contributed by atoms with Gasteiger partial charge in [-0.1, -0.05) is 43.5 Å². The minimum Gasteiger partial charge on any atom is -0.466 e. The zero-order valence-corrected chi connectivity index (χ0v) is 22.8. The van der Waals surface area contributed by atoms with Crippen molar-refractivity contribution in [3.8, 4) is 12.3 Å². The molecule has 0 bridgehead atoms. The average molecular weight is 539 g/mol. The first-order chi connectivity index (χ1) is 19.2. The van der Waals surface area contributed by atoms with Crippen LogP contribution in [0.25, 0.3) is 0 Å². The van der Waals surface area contributed by atoms with Crippen LogP contribution in [0.4, 0.5) is 5.69 Å². The normalized spacial score (nSPS) is 18.8. The molecule has 2 aliphatic rings. The van der Waals surface area contributed by atoms with Crippen molar-refractivity contribution in [1.29, 1.82) is 0 Å². The number of nitrogens with zero attached hydrogens (tertiary/aromatic N) is 1. The molecule has 0 aliphatic carbocycles. The molecule has 0 aromatic heterocycles. The number of nitrogens with one attached hydrogen (secondary N) is 3. The van der Waals surface area contributed by atoms with Crippen LogP contribution in [0.5, 0.6) is 0 Å². The zero-order chi connectivity index (χ0) is 29.0. The van der Waals surface area contributed by atoms with Crippen molar-refractivity contribution in [2.45, 2.75) is 39.5 Å². The highest BCUT2D eigenvalue weighted by atomic mass is 16.5. The molecule has 2 atom stereocenters. The summed E-state index contributed by atoms with van der Waals surface area (Å²) in [5.41, 5.74) is 7.04. The van der Waals surface area contributed by atoms with E-state index in [0.29, 0.717) is 63.5 Å². The summed E-state index contributed by atoms with van der Waals surface area (Å²) in [5, 5.41) is 10.2. The van der Waals surface area contributed by atoms with Gasteiger partial charge in [0.25, 0.3) is 5.91 Å². The van der Waals surface area contributed by atoms with E-state index in [1.165, 1.54) is 7.11 Å². The lowest BCUT2D eigenvalue weighted by Crippen LogP contribution is -2.42. The number of amides is 2. The topological polar surface area (TPSA) is 126 Å². The fourth-order valence-corrected chi connectivity index (χ4v) is 5.09. The first kappa shape index (κ1) is 28.0. The number of Topliss-reactive ketones (excluding diaryl/α,β-unsaturated/α-hetero) is 1. The van der Waals surface area contributed by atoms with E-state index in [1.807, 2.05) is 13.0 Å². The Bertz CT molecular complexity index is 1530. The fourth-order valence-electron chi connectivity index (χ4n) is 5.09. The summed E-state index contributed by atoms with van der Waals surface area (Å²) in [6, 6.07) is 14.0. The maximum Gasteiger partial charge on any atom is 0.336 e. The Hall–Kier alpha value is -4.97. The number of hydrogen-bond donors (Lipinski definition) is 3. The van der Waals surface area contributed by atoms with Crippen molar-refractivity contribution < 1.29 is 23.9 Å². The lowest BCUT2D eigenvalue weighted by atomic mass is 9.79. The minimum atomic E-state index is -0.720. The van der Waals surface area contributed by atoms with Gasteiger partial charge in [0.15, 0.2) is 0 Å². The highest BCUT2D eigenvalue weighted by Crippen LogP contribution is 2.39. The van der Waals surface area contributed by atoms with E-state index in [-0.39, 0.29) is 0 Å². The quantitative estimate of drug-likeness (QED) is 0.281. The second kappa shape index (κ2) is 11.8. The predicted molar refractivity (Wildman–Crippen MR) is 151 cm³/mol. The summed E-state index contributed by atoms with van der Waals surface area (Å²) in [5.74, 6) is -0.934. The molecule has 2 aliphatic heterocycles. The lowest BCUT2D eigenvalue weighted by Gasteiger charge is -2.31. The third-order valence-electron chi connectivity index (χ3n) is 6.96. The number of hydrogen-bond acceptors (Lipinski definition) is 7. The van der Waals surface area contributed by atoms with E-state index < -0.39 is 35.4 Å². The molecule has 0 spiro atoms. The fraction of sp³-hybridized carbons (Fsp3) is 0.258. The largest absolute Gasteiger partial charge is 0.466 e. The van der Waals surface area contributed by atoms with Gasteiger partial charge in [0, 0.05) is 28.2 Å². The van der Waals surface area contributed by atoms with E-state index >= 15 is 0 Å². The van der Waals surface area contributed by atoms with E-state index in [4.69, 9.17) is 11.2 Å². The highest BCUT2D eigenvalue weighted by Gasteiger charge is 2.37. The Morgan fingerprint density at radius 3 is 2.42 bits per heavy atom. The number of esters is 1. The smallest absolute Gasteiger partial charge is 0.336 e. The molecule has 0 saturated carbocycles. The van der Waals surface area contributed by atoms with Crippen molar-refractivity contribution in [3.63, 3.8) is 0 Å². The third-order valence-corrected chi connectivity index (χ3v) is 6.96. The number of terminal acetylenes is 1. The Balaban J connectivity index is 1.66. The molecule has 9 heteroatoms. The predicted octanol–water partition coefficient (Wildman–Crippen LogP) is 3.53. The number of carbonyl (C=O) groups is 4. The van der Waals surface area contributed by atoms with Gasteiger partial charge in [0.05, 0.1) is 30.2 Å². The molecule has 2 aromatic carbocycles. The number of dihydropyridines is 1. The maximum absolute atomic E-state index is 13.7. The third kappa shape index (κ3) is 5.43. The number of ketones is 1. The van der Waals surface area contributed by atoms with Crippen LogP contribution in [0.3, 0.4) is 0 Å². The summed E-state index contributed by atoms with van der Waals surface area (Å²) >= 11 is 0. The molecule has 0 saturated heterocycles. The van der Waals surface area contributed by atoms with Gasteiger partial charge in [-0.25, -0.2) is 10.2 Å². The number of benzene rings is 2. The lowest BCUT2D eigenvalue weighted by molar-refractivity contribution is -0.139. The van der Waals surface area contributed by atoms with Gasteiger partial charge in [-0.3, -0.25) is 14.4 Å². The number of hydrazone groups is 1. The number of ether oxygens (including phenoxy) is 1. The first-order valence-electron chi connectivity index (χ1n) is 12.9. The van der Waals surface area contributed by atoms with Crippen LogP contribution in [0.2, 0.25) is 0 Å². The monoisotopic (exact) mass is 538 g/mol. The van der Waals surface area contributed by atoms with E-state index in [9.17, 15) is 19.2 Å². The first-order valence-corrected chi connectivity index (χ1v) is 12.9. The minimum absolute atomic E-state index is 0.312. The summed E-state index contributed by atoms with van der Waals surface area (Å²) in [6.07, 6.45) is 6.84. The summed E-state index contributed by atoms with van der Waals surface area (Å²) in [7, 11) is 1.30. The second-order valence-electron chi connectivity index (χ2n) is 9.57. The summed E-state index contributed by atoms with van der Waals surface area (Å²) < 4.78 is 5.07. The number of carbonyl (C=O) groups excluding carboxylic acids is 4. The molecule has 2 unspecified atom stereocenters. The number of anilines is 1. The van der Waals surface area contributed by atoms with Crippen LogP contribution in [-0.2, 0) is 23.9 Å². The van der Waals surface area contributed by atoms with Crippen molar-refractivity contribution in [1.82, 2.24) is 10.7 Å². The summed E-state index contributed by atoms with van der Waals surface area (Å²) in [6.45, 7) is 5.47. The van der Waals surface area contributed by atoms with Crippen LogP contribution in [0.1, 0.15) is 56.2 Å². The van der Waals surface area contributed by atoms with E-state index in [2.05, 4.69) is 27.1 Å². The Labute approximate surface area is 232 Å². The molecule has 0 fully saturated rings. The number of methoxy groups -OCH3 is 1. The Kier molecular flexibility index (Phi) is 8.29. The van der Waals surface area contributed by atoms with Crippen molar-refractivity contribution in [2.24, 2.45) is 11.0 Å². The second-order valence-corrected chi connectivity index (χ2v) is 9.57. The Morgan fingerprint density at radius 2 is 1.77 bits per heavy atom. The van der Waals surface area contributed by atoms with Crippen LogP contribution in [0.15, 0.2) is 76.2 Å². The molecule has 3 N–H and O–H groups in total. The van der Waals surface area contributed by atoms with Crippen LogP contribution < -0.4 is 16.1 Å². The van der Waals surface area contributed by atoms with Gasteiger partial charge in [-0.15, -0.1) is 6.42 Å². The Morgan fingerprint density at radius 1 is 1.07 bits per heavy atom. The standard InChI is InChI=1S/C31H30N4O5/c1-6-9-23-27(34-35-30(38)28(23)36)20-12-14-22(15-13-20)33-29(37)24-17(3)32-18(4)25(31(39)40-5)26(24)21-11-8-10-19(7-2)16-21/h2,8,10-16,23,26,32H,6,9H2,1,3-5H3,(H,33,37)(H,35,38). The van der Waals surface area contributed by atoms with Crippen LogP contribution in [0, 0.1) is 18.3 Å². The van der Waals surface area contributed by atoms with Gasteiger partial charge in [-0.05, 0) is 55.7 Å². The molecular weight excluding hydrogens is 508 g/mol. The molecule has 40 heavy (non-hydrogen) atoms. The molecule has 2 aromatic rings. The van der Waals surface area contributed by atoms with Crippen molar-refractivity contribution >= 4 is 35.0 Å². The highest BCUT2D eigenvalue weighted by molar-refractivity contribution is 6.43. The molecule has 4 rings (SSSR count). The van der Waals surface area contributed by atoms with Gasteiger partial charge < -0.3 is 15.4 Å². The van der Waals surface area contributed by atoms with E-state index in [0.717, 1.165) is 0 Å². The SMILES string of the molecule is C#Cc1cccc(C2C(C(=O)Nc3ccc(C4=NNC(=O)C(=O)C4CCC)cc3)=C(C)NC(C)=C2C(=O)OC)c1. The number of rotatable bonds is 7. The summed E-state index contributed by atoms with van der Waals surface area (Å²) in [4.78, 5) is 50.8. The maximum atomic E-state index is 13.7. The van der Waals surface area contributed by atoms with Crippen molar-refractivity contribution in [2.75, 3.05) is 12.4 Å². The van der Waals surface area contributed by atoms with E-state index in [1.54, 1.807) is 56.3 Å². The zero-order valence-electron chi connectivity index (χ0n) is 22.8. The molecule has 9 nitrogen and oxygen atoms in total. The van der Waals surface area contributed by atoms with Gasteiger partial charge >= 0.3 is 11.9 Å². The average Bonchev–Trinajstić information content (AvgIpc) is 2.95.